The monoisotopic (exact) mass is 265 g/mol. The fourth-order valence-corrected chi connectivity index (χ4v) is 2.29. The second-order valence-corrected chi connectivity index (χ2v) is 4.88. The highest BCUT2D eigenvalue weighted by atomic mass is 16.7. The van der Waals surface area contributed by atoms with Crippen LogP contribution in [0.25, 0.3) is 0 Å². The van der Waals surface area contributed by atoms with Crippen LogP contribution in [0.5, 0.6) is 11.5 Å². The molecule has 1 aromatic carbocycles. The smallest absolute Gasteiger partial charge is 0.303 e. The van der Waals surface area contributed by atoms with Gasteiger partial charge >= 0.3 is 5.97 Å². The van der Waals surface area contributed by atoms with E-state index in [0.29, 0.717) is 6.42 Å². The number of carboxylic acid groups (broad SMARTS) is 1. The second-order valence-electron chi connectivity index (χ2n) is 4.88. The van der Waals surface area contributed by atoms with Crippen LogP contribution in [-0.2, 0) is 4.79 Å². The molecular weight excluding hydrogens is 246 g/mol. The summed E-state index contributed by atoms with van der Waals surface area (Å²) >= 11 is 0. The zero-order valence-corrected chi connectivity index (χ0v) is 11.3. The van der Waals surface area contributed by atoms with Crippen molar-refractivity contribution in [1.82, 2.24) is 4.90 Å². The van der Waals surface area contributed by atoms with E-state index in [-0.39, 0.29) is 19.3 Å². The molecule has 5 nitrogen and oxygen atoms in total. The number of nitrogens with zero attached hydrogens (tertiary/aromatic N) is 1. The number of benzene rings is 1. The largest absolute Gasteiger partial charge is 0.481 e. The molecular formula is C14H19NO4. The SMILES string of the molecule is CN(C)C(CCCC(=O)O)c1ccc2c(c1)OCO2. The summed E-state index contributed by atoms with van der Waals surface area (Å²) in [6, 6.07) is 6.09. The minimum absolute atomic E-state index is 0.189. The van der Waals surface area contributed by atoms with Crippen molar-refractivity contribution in [2.24, 2.45) is 0 Å². The molecule has 1 unspecified atom stereocenters. The number of hydrogen-bond donors (Lipinski definition) is 1. The number of ether oxygens (including phenoxy) is 2. The van der Waals surface area contributed by atoms with Gasteiger partial charge in [-0.3, -0.25) is 4.79 Å². The number of hydrogen-bond acceptors (Lipinski definition) is 4. The van der Waals surface area contributed by atoms with E-state index in [0.717, 1.165) is 23.5 Å². The summed E-state index contributed by atoms with van der Waals surface area (Å²) in [6.45, 7) is 0.268. The van der Waals surface area contributed by atoms with Crippen molar-refractivity contribution in [1.29, 1.82) is 0 Å². The minimum Gasteiger partial charge on any atom is -0.481 e. The fourth-order valence-electron chi connectivity index (χ4n) is 2.29. The standard InChI is InChI=1S/C14H19NO4/c1-15(2)11(4-3-5-14(16)17)10-6-7-12-13(8-10)19-9-18-12/h6-8,11H,3-5,9H2,1-2H3,(H,16,17). The van der Waals surface area contributed by atoms with Crippen molar-refractivity contribution in [2.45, 2.75) is 25.3 Å². The average Bonchev–Trinajstić information content (AvgIpc) is 2.80. The van der Waals surface area contributed by atoms with Gasteiger partial charge in [0.25, 0.3) is 0 Å². The molecule has 0 saturated carbocycles. The Kier molecular flexibility index (Phi) is 4.27. The molecule has 1 aliphatic heterocycles. The highest BCUT2D eigenvalue weighted by Crippen LogP contribution is 2.36. The molecule has 0 aliphatic carbocycles. The van der Waals surface area contributed by atoms with Crippen LogP contribution < -0.4 is 9.47 Å². The van der Waals surface area contributed by atoms with Crippen LogP contribution in [0.3, 0.4) is 0 Å². The summed E-state index contributed by atoms with van der Waals surface area (Å²) in [7, 11) is 3.99. The van der Waals surface area contributed by atoms with Crippen molar-refractivity contribution < 1.29 is 19.4 Å². The molecule has 1 heterocycles. The summed E-state index contributed by atoms with van der Waals surface area (Å²) in [5.41, 5.74) is 1.12. The van der Waals surface area contributed by atoms with Crippen LogP contribution >= 0.6 is 0 Å². The Morgan fingerprint density at radius 1 is 1.37 bits per heavy atom. The van der Waals surface area contributed by atoms with Gasteiger partial charge < -0.3 is 19.5 Å². The quantitative estimate of drug-likeness (QED) is 0.855. The first-order chi connectivity index (χ1) is 9.08. The molecule has 0 amide bonds. The van der Waals surface area contributed by atoms with Gasteiger partial charge in [0.05, 0.1) is 0 Å². The molecule has 5 heteroatoms. The molecule has 0 aromatic heterocycles. The number of fused-ring (bicyclic) bond motifs is 1. The molecule has 1 atom stereocenters. The first kappa shape index (κ1) is 13.7. The van der Waals surface area contributed by atoms with Gasteiger partial charge in [-0.1, -0.05) is 6.07 Å². The molecule has 1 aromatic rings. The zero-order chi connectivity index (χ0) is 13.8. The molecule has 0 bridgehead atoms. The number of carbonyl (C=O) groups is 1. The third-order valence-corrected chi connectivity index (χ3v) is 3.27. The van der Waals surface area contributed by atoms with Crippen molar-refractivity contribution in [2.75, 3.05) is 20.9 Å². The van der Waals surface area contributed by atoms with Gasteiger partial charge in [-0.15, -0.1) is 0 Å². The van der Waals surface area contributed by atoms with Gasteiger partial charge in [0.2, 0.25) is 6.79 Å². The van der Waals surface area contributed by atoms with E-state index < -0.39 is 5.97 Å². The van der Waals surface area contributed by atoms with Gasteiger partial charge in [-0.05, 0) is 44.6 Å². The van der Waals surface area contributed by atoms with E-state index >= 15 is 0 Å². The van der Waals surface area contributed by atoms with Crippen LogP contribution in [0.15, 0.2) is 18.2 Å². The van der Waals surface area contributed by atoms with Crippen LogP contribution in [0.2, 0.25) is 0 Å². The Balaban J connectivity index is 2.08. The lowest BCUT2D eigenvalue weighted by Gasteiger charge is -2.24. The summed E-state index contributed by atoms with van der Waals surface area (Å²) < 4.78 is 10.7. The van der Waals surface area contributed by atoms with E-state index in [2.05, 4.69) is 4.90 Å². The van der Waals surface area contributed by atoms with E-state index in [1.807, 2.05) is 32.3 Å². The fraction of sp³-hybridized carbons (Fsp3) is 0.500. The van der Waals surface area contributed by atoms with Gasteiger partial charge in [-0.2, -0.15) is 0 Å². The normalized spacial score (nSPS) is 14.7. The van der Waals surface area contributed by atoms with Crippen molar-refractivity contribution in [3.05, 3.63) is 23.8 Å². The van der Waals surface area contributed by atoms with Gasteiger partial charge in [0, 0.05) is 12.5 Å². The van der Waals surface area contributed by atoms with Crippen LogP contribution in [0.1, 0.15) is 30.9 Å². The predicted octanol–water partition coefficient (Wildman–Crippen LogP) is 2.27. The maximum Gasteiger partial charge on any atom is 0.303 e. The molecule has 0 fully saturated rings. The summed E-state index contributed by atoms with van der Waals surface area (Å²) in [5, 5.41) is 8.71. The molecule has 0 radical (unpaired) electrons. The Labute approximate surface area is 112 Å². The number of aliphatic carboxylic acids is 1. The van der Waals surface area contributed by atoms with Crippen molar-refractivity contribution >= 4 is 5.97 Å². The molecule has 1 aliphatic rings. The Morgan fingerprint density at radius 2 is 2.11 bits per heavy atom. The van der Waals surface area contributed by atoms with Crippen LogP contribution in [0, 0.1) is 0 Å². The van der Waals surface area contributed by atoms with Gasteiger partial charge in [-0.25, -0.2) is 0 Å². The summed E-state index contributed by atoms with van der Waals surface area (Å²) in [4.78, 5) is 12.7. The molecule has 2 rings (SSSR count). The van der Waals surface area contributed by atoms with Gasteiger partial charge in [0.1, 0.15) is 0 Å². The second kappa shape index (κ2) is 5.93. The van der Waals surface area contributed by atoms with Crippen molar-refractivity contribution in [3.8, 4) is 11.5 Å². The minimum atomic E-state index is -0.747. The van der Waals surface area contributed by atoms with Crippen LogP contribution in [0.4, 0.5) is 0 Å². The van der Waals surface area contributed by atoms with E-state index in [4.69, 9.17) is 14.6 Å². The summed E-state index contributed by atoms with van der Waals surface area (Å²) in [5.74, 6) is 0.789. The average molecular weight is 265 g/mol. The molecule has 104 valence electrons. The highest BCUT2D eigenvalue weighted by Gasteiger charge is 2.19. The zero-order valence-electron chi connectivity index (χ0n) is 11.3. The topological polar surface area (TPSA) is 59.0 Å². The lowest BCUT2D eigenvalue weighted by atomic mass is 9.99. The lowest BCUT2D eigenvalue weighted by Crippen LogP contribution is -2.20. The maximum atomic E-state index is 10.6. The maximum absolute atomic E-state index is 10.6. The number of rotatable bonds is 6. The predicted molar refractivity (Wildman–Crippen MR) is 70.5 cm³/mol. The lowest BCUT2D eigenvalue weighted by molar-refractivity contribution is -0.137. The number of carboxylic acids is 1. The van der Waals surface area contributed by atoms with Gasteiger partial charge in [0.15, 0.2) is 11.5 Å². The Bertz CT molecular complexity index is 459. The molecule has 19 heavy (non-hydrogen) atoms. The first-order valence-electron chi connectivity index (χ1n) is 6.35. The highest BCUT2D eigenvalue weighted by molar-refractivity contribution is 5.66. The molecule has 0 spiro atoms. The third-order valence-electron chi connectivity index (χ3n) is 3.27. The van der Waals surface area contributed by atoms with E-state index in [9.17, 15) is 4.79 Å². The third kappa shape index (κ3) is 3.38. The Morgan fingerprint density at radius 3 is 2.79 bits per heavy atom. The molecule has 1 N–H and O–H groups in total. The van der Waals surface area contributed by atoms with Crippen LogP contribution in [-0.4, -0.2) is 36.9 Å². The van der Waals surface area contributed by atoms with Crippen molar-refractivity contribution in [3.63, 3.8) is 0 Å². The summed E-state index contributed by atoms with van der Waals surface area (Å²) in [6.07, 6.45) is 1.67. The van der Waals surface area contributed by atoms with E-state index in [1.54, 1.807) is 0 Å². The van der Waals surface area contributed by atoms with E-state index in [1.165, 1.54) is 0 Å². The molecule has 0 saturated heterocycles. The Hall–Kier alpha value is -1.75. The first-order valence-corrected chi connectivity index (χ1v) is 6.35.